The fourth-order valence-corrected chi connectivity index (χ4v) is 5.19. The second-order valence-electron chi connectivity index (χ2n) is 7.46. The molecule has 1 saturated heterocycles. The standard InChI is InChI=1S/C22H28N2O4S/c1-23(13-14-28-21-10-6-3-7-11-21)17-22(25)24(16-19-8-4-2-5-9-19)20-12-15-29(26,27)18-20/h2-11,20H,12-18H2,1H3. The van der Waals surface area contributed by atoms with Gasteiger partial charge in [0.2, 0.25) is 5.91 Å². The number of amides is 1. The minimum atomic E-state index is -3.07. The molecule has 1 fully saturated rings. The van der Waals surface area contributed by atoms with Crippen molar-refractivity contribution >= 4 is 15.7 Å². The first-order valence-electron chi connectivity index (χ1n) is 9.83. The van der Waals surface area contributed by atoms with Crippen LogP contribution in [0, 0.1) is 0 Å². The summed E-state index contributed by atoms with van der Waals surface area (Å²) in [7, 11) is -1.19. The van der Waals surface area contributed by atoms with Crippen LogP contribution in [0.2, 0.25) is 0 Å². The van der Waals surface area contributed by atoms with Gasteiger partial charge in [0, 0.05) is 19.1 Å². The van der Waals surface area contributed by atoms with Gasteiger partial charge in [0.1, 0.15) is 12.4 Å². The molecule has 0 aliphatic carbocycles. The highest BCUT2D eigenvalue weighted by atomic mass is 32.2. The quantitative estimate of drug-likeness (QED) is 0.627. The lowest BCUT2D eigenvalue weighted by molar-refractivity contribution is -0.134. The molecule has 2 aromatic carbocycles. The van der Waals surface area contributed by atoms with Crippen LogP contribution in [0.1, 0.15) is 12.0 Å². The normalized spacial score (nSPS) is 17.9. The van der Waals surface area contributed by atoms with Gasteiger partial charge in [-0.3, -0.25) is 9.69 Å². The van der Waals surface area contributed by atoms with Crippen LogP contribution in [-0.4, -0.2) is 68.4 Å². The van der Waals surface area contributed by atoms with Crippen LogP contribution in [-0.2, 0) is 21.2 Å². The summed E-state index contributed by atoms with van der Waals surface area (Å²) in [6, 6.07) is 19.0. The van der Waals surface area contributed by atoms with Crippen molar-refractivity contribution in [2.24, 2.45) is 0 Å². The van der Waals surface area contributed by atoms with Crippen LogP contribution >= 0.6 is 0 Å². The molecule has 0 N–H and O–H groups in total. The third-order valence-corrected chi connectivity index (χ3v) is 6.81. The fourth-order valence-electron chi connectivity index (χ4n) is 3.46. The number of rotatable bonds is 9. The summed E-state index contributed by atoms with van der Waals surface area (Å²) < 4.78 is 29.6. The molecule has 0 saturated carbocycles. The number of carbonyl (C=O) groups is 1. The van der Waals surface area contributed by atoms with E-state index in [9.17, 15) is 13.2 Å². The van der Waals surface area contributed by atoms with Crippen LogP contribution in [0.25, 0.3) is 0 Å². The molecule has 156 valence electrons. The molecule has 1 amide bonds. The molecule has 29 heavy (non-hydrogen) atoms. The Labute approximate surface area is 173 Å². The Bertz CT molecular complexity index is 888. The van der Waals surface area contributed by atoms with Crippen molar-refractivity contribution in [3.63, 3.8) is 0 Å². The van der Waals surface area contributed by atoms with E-state index in [1.54, 1.807) is 4.90 Å². The number of nitrogens with zero attached hydrogens (tertiary/aromatic N) is 2. The average Bonchev–Trinajstić information content (AvgIpc) is 3.07. The van der Waals surface area contributed by atoms with Crippen LogP contribution < -0.4 is 4.74 Å². The van der Waals surface area contributed by atoms with Gasteiger partial charge in [0.15, 0.2) is 9.84 Å². The van der Waals surface area contributed by atoms with Gasteiger partial charge in [-0.25, -0.2) is 8.42 Å². The third kappa shape index (κ3) is 6.58. The number of benzene rings is 2. The summed E-state index contributed by atoms with van der Waals surface area (Å²) in [6.45, 7) is 1.73. The molecule has 2 aromatic rings. The lowest BCUT2D eigenvalue weighted by atomic mass is 10.1. The van der Waals surface area contributed by atoms with Crippen molar-refractivity contribution in [2.45, 2.75) is 19.0 Å². The molecule has 0 bridgehead atoms. The maximum absolute atomic E-state index is 13.0. The van der Waals surface area contributed by atoms with Crippen molar-refractivity contribution in [3.8, 4) is 5.75 Å². The van der Waals surface area contributed by atoms with Crippen molar-refractivity contribution in [3.05, 3.63) is 66.2 Å². The lowest BCUT2D eigenvalue weighted by Gasteiger charge is -2.30. The molecule has 1 aliphatic heterocycles. The predicted octanol–water partition coefficient (Wildman–Crippen LogP) is 2.21. The second kappa shape index (κ2) is 9.89. The van der Waals surface area contributed by atoms with E-state index in [2.05, 4.69) is 0 Å². The van der Waals surface area contributed by atoms with Gasteiger partial charge >= 0.3 is 0 Å². The summed E-state index contributed by atoms with van der Waals surface area (Å²) in [6.07, 6.45) is 0.502. The van der Waals surface area contributed by atoms with E-state index in [1.165, 1.54) is 0 Å². The van der Waals surface area contributed by atoms with E-state index in [-0.39, 0.29) is 30.0 Å². The molecule has 0 aromatic heterocycles. The SMILES string of the molecule is CN(CCOc1ccccc1)CC(=O)N(Cc1ccccc1)C1CCS(=O)(=O)C1. The van der Waals surface area contributed by atoms with Crippen LogP contribution in [0.3, 0.4) is 0 Å². The molecular weight excluding hydrogens is 388 g/mol. The fraction of sp³-hybridized carbons (Fsp3) is 0.409. The Hall–Kier alpha value is -2.38. The number of ether oxygens (including phenoxy) is 1. The topological polar surface area (TPSA) is 66.9 Å². The smallest absolute Gasteiger partial charge is 0.237 e. The van der Waals surface area contributed by atoms with E-state index in [1.807, 2.05) is 72.6 Å². The van der Waals surface area contributed by atoms with Gasteiger partial charge in [-0.05, 0) is 31.2 Å². The monoisotopic (exact) mass is 416 g/mol. The van der Waals surface area contributed by atoms with Crippen molar-refractivity contribution < 1.29 is 17.9 Å². The van der Waals surface area contributed by atoms with Gasteiger partial charge in [-0.2, -0.15) is 0 Å². The molecule has 7 heteroatoms. The largest absolute Gasteiger partial charge is 0.492 e. The molecular formula is C22H28N2O4S. The molecule has 1 aliphatic rings. The Morgan fingerprint density at radius 2 is 1.72 bits per heavy atom. The molecule has 6 nitrogen and oxygen atoms in total. The molecule has 0 spiro atoms. The predicted molar refractivity (Wildman–Crippen MR) is 113 cm³/mol. The first-order valence-corrected chi connectivity index (χ1v) is 11.7. The van der Waals surface area contributed by atoms with E-state index in [4.69, 9.17) is 4.74 Å². The van der Waals surface area contributed by atoms with Crippen LogP contribution in [0.15, 0.2) is 60.7 Å². The van der Waals surface area contributed by atoms with Crippen molar-refractivity contribution in [1.29, 1.82) is 0 Å². The zero-order valence-corrected chi connectivity index (χ0v) is 17.6. The summed E-state index contributed by atoms with van der Waals surface area (Å²) in [4.78, 5) is 16.7. The highest BCUT2D eigenvalue weighted by molar-refractivity contribution is 7.91. The Balaban J connectivity index is 1.58. The molecule has 1 heterocycles. The number of hydrogen-bond acceptors (Lipinski definition) is 5. The highest BCUT2D eigenvalue weighted by Crippen LogP contribution is 2.20. The first kappa shape index (κ1) is 21.3. The van der Waals surface area contributed by atoms with Crippen LogP contribution in [0.5, 0.6) is 5.75 Å². The summed E-state index contributed by atoms with van der Waals surface area (Å²) in [5, 5.41) is 0. The summed E-state index contributed by atoms with van der Waals surface area (Å²) in [5.41, 5.74) is 1.00. The number of hydrogen-bond donors (Lipinski definition) is 0. The van der Waals surface area contributed by atoms with Gasteiger partial charge < -0.3 is 9.64 Å². The maximum Gasteiger partial charge on any atom is 0.237 e. The Morgan fingerprint density at radius 1 is 1.07 bits per heavy atom. The number of carbonyl (C=O) groups excluding carboxylic acids is 1. The van der Waals surface area contributed by atoms with Crippen LogP contribution in [0.4, 0.5) is 0 Å². The van der Waals surface area contributed by atoms with Gasteiger partial charge in [0.25, 0.3) is 0 Å². The minimum Gasteiger partial charge on any atom is -0.492 e. The minimum absolute atomic E-state index is 0.0480. The van der Waals surface area contributed by atoms with Gasteiger partial charge in [-0.15, -0.1) is 0 Å². The number of para-hydroxylation sites is 1. The molecule has 1 atom stereocenters. The highest BCUT2D eigenvalue weighted by Gasteiger charge is 2.34. The lowest BCUT2D eigenvalue weighted by Crippen LogP contribution is -2.45. The van der Waals surface area contributed by atoms with Crippen molar-refractivity contribution in [1.82, 2.24) is 9.80 Å². The van der Waals surface area contributed by atoms with E-state index in [0.717, 1.165) is 11.3 Å². The molecule has 1 unspecified atom stereocenters. The zero-order valence-electron chi connectivity index (χ0n) is 16.7. The number of sulfone groups is 1. The first-order chi connectivity index (χ1) is 13.9. The maximum atomic E-state index is 13.0. The second-order valence-corrected chi connectivity index (χ2v) is 9.69. The third-order valence-electron chi connectivity index (χ3n) is 5.06. The van der Waals surface area contributed by atoms with E-state index in [0.29, 0.717) is 26.1 Å². The average molecular weight is 417 g/mol. The van der Waals surface area contributed by atoms with Crippen molar-refractivity contribution in [2.75, 3.05) is 38.2 Å². The molecule has 3 rings (SSSR count). The van der Waals surface area contributed by atoms with Gasteiger partial charge in [-0.1, -0.05) is 48.5 Å². The zero-order chi connectivity index (χ0) is 20.7. The van der Waals surface area contributed by atoms with E-state index < -0.39 is 9.84 Å². The van der Waals surface area contributed by atoms with Gasteiger partial charge in [0.05, 0.1) is 18.1 Å². The van der Waals surface area contributed by atoms with E-state index >= 15 is 0 Å². The Kier molecular flexibility index (Phi) is 7.28. The number of likely N-dealkylation sites (N-methyl/N-ethyl adjacent to an activating group) is 1. The Morgan fingerprint density at radius 3 is 2.34 bits per heavy atom. The molecule has 0 radical (unpaired) electrons. The summed E-state index contributed by atoms with van der Waals surface area (Å²) in [5.74, 6) is 0.941. The summed E-state index contributed by atoms with van der Waals surface area (Å²) >= 11 is 0.